The molecule has 2 N–H and O–H groups in total. The van der Waals surface area contributed by atoms with Gasteiger partial charge in [0, 0.05) is 0 Å². The summed E-state index contributed by atoms with van der Waals surface area (Å²) in [7, 11) is 0. The van der Waals surface area contributed by atoms with Gasteiger partial charge in [-0.2, -0.15) is 0 Å². The van der Waals surface area contributed by atoms with E-state index in [0.717, 1.165) is 24.8 Å². The first-order valence-electron chi connectivity index (χ1n) is 4.12. The van der Waals surface area contributed by atoms with Crippen LogP contribution in [-0.2, 0) is 0 Å². The molecule has 0 amide bonds. The van der Waals surface area contributed by atoms with E-state index < -0.39 is 11.7 Å². The van der Waals surface area contributed by atoms with Gasteiger partial charge in [-0.05, 0) is 31.8 Å². The van der Waals surface area contributed by atoms with E-state index in [1.54, 1.807) is 6.92 Å². The normalized spacial score (nSPS) is 40.3. The molecule has 0 unspecified atom stereocenters. The summed E-state index contributed by atoms with van der Waals surface area (Å²) in [6.45, 7) is 5.42. The van der Waals surface area contributed by atoms with Gasteiger partial charge < -0.3 is 10.2 Å². The number of aliphatic hydroxyl groups excluding tert-OH is 1. The van der Waals surface area contributed by atoms with Crippen LogP contribution in [0.1, 0.15) is 32.6 Å². The van der Waals surface area contributed by atoms with Crippen LogP contribution in [0.2, 0.25) is 0 Å². The Balaban J connectivity index is 2.73. The van der Waals surface area contributed by atoms with Crippen LogP contribution in [0.3, 0.4) is 0 Å². The summed E-state index contributed by atoms with van der Waals surface area (Å²) in [6.07, 6.45) is 2.80. The van der Waals surface area contributed by atoms with Crippen LogP contribution in [-0.4, -0.2) is 21.9 Å². The van der Waals surface area contributed by atoms with E-state index >= 15 is 0 Å². The molecule has 0 radical (unpaired) electrons. The van der Waals surface area contributed by atoms with Crippen LogP contribution in [0.5, 0.6) is 0 Å². The maximum Gasteiger partial charge on any atom is 0.103 e. The molecule has 2 nitrogen and oxygen atoms in total. The van der Waals surface area contributed by atoms with Gasteiger partial charge in [-0.25, -0.2) is 0 Å². The van der Waals surface area contributed by atoms with Crippen molar-refractivity contribution in [2.24, 2.45) is 0 Å². The minimum atomic E-state index is -0.951. The van der Waals surface area contributed by atoms with Gasteiger partial charge >= 0.3 is 0 Å². The summed E-state index contributed by atoms with van der Waals surface area (Å²) in [6, 6.07) is 0. The third-order valence-corrected chi connectivity index (χ3v) is 2.41. The molecule has 0 heterocycles. The minimum absolute atomic E-state index is 0.674. The molecule has 0 aliphatic heterocycles. The quantitative estimate of drug-likeness (QED) is 0.409. The van der Waals surface area contributed by atoms with E-state index in [0.29, 0.717) is 6.42 Å². The predicted octanol–water partition coefficient (Wildman–Crippen LogP) is 1.23. The van der Waals surface area contributed by atoms with E-state index in [9.17, 15) is 10.2 Å². The largest absolute Gasteiger partial charge is 0.387 e. The van der Waals surface area contributed by atoms with Crippen LogP contribution in [0, 0.1) is 0 Å². The Hall–Kier alpha value is -0.340. The molecule has 64 valence electrons. The molecular weight excluding hydrogens is 140 g/mol. The summed E-state index contributed by atoms with van der Waals surface area (Å²) in [5.41, 5.74) is -0.180. The third kappa shape index (κ3) is 1.82. The summed E-state index contributed by atoms with van der Waals surface area (Å²) in [5, 5.41) is 19.2. The molecule has 0 spiro atoms. The molecule has 1 aliphatic rings. The molecule has 0 aromatic carbocycles. The Kier molecular flexibility index (Phi) is 2.35. The van der Waals surface area contributed by atoms with Crippen LogP contribution in [0.25, 0.3) is 0 Å². The van der Waals surface area contributed by atoms with Gasteiger partial charge in [-0.3, -0.25) is 0 Å². The molecule has 0 aromatic rings. The van der Waals surface area contributed by atoms with E-state index in [1.165, 1.54) is 0 Å². The summed E-state index contributed by atoms with van der Waals surface area (Å²) in [5.74, 6) is 0. The van der Waals surface area contributed by atoms with Crippen molar-refractivity contribution in [1.82, 2.24) is 0 Å². The first-order valence-corrected chi connectivity index (χ1v) is 4.12. The maximum absolute atomic E-state index is 9.68. The average molecular weight is 156 g/mol. The monoisotopic (exact) mass is 156 g/mol. The SMILES string of the molecule is C=C1CCCC[C@](C)(O)[C@@H]1O. The lowest BCUT2D eigenvalue weighted by Crippen LogP contribution is -2.38. The van der Waals surface area contributed by atoms with Gasteiger partial charge in [0.1, 0.15) is 6.10 Å². The lowest BCUT2D eigenvalue weighted by Gasteiger charge is -2.27. The lowest BCUT2D eigenvalue weighted by atomic mass is 9.92. The molecule has 0 bridgehead atoms. The van der Waals surface area contributed by atoms with Gasteiger partial charge in [-0.1, -0.05) is 13.0 Å². The standard InChI is InChI=1S/C9H16O2/c1-7-5-3-4-6-9(2,11)8(7)10/h8,10-11H,1,3-6H2,2H3/t8-,9+/m1/s1. The molecule has 1 saturated carbocycles. The van der Waals surface area contributed by atoms with Crippen LogP contribution >= 0.6 is 0 Å². The fourth-order valence-corrected chi connectivity index (χ4v) is 1.55. The number of rotatable bonds is 0. The van der Waals surface area contributed by atoms with Crippen LogP contribution in [0.15, 0.2) is 12.2 Å². The number of aliphatic hydroxyl groups is 2. The Morgan fingerprint density at radius 2 is 2.18 bits per heavy atom. The molecule has 11 heavy (non-hydrogen) atoms. The molecular formula is C9H16O2. The van der Waals surface area contributed by atoms with Crippen molar-refractivity contribution in [3.63, 3.8) is 0 Å². The van der Waals surface area contributed by atoms with E-state index in [4.69, 9.17) is 0 Å². The zero-order valence-electron chi connectivity index (χ0n) is 7.01. The smallest absolute Gasteiger partial charge is 0.103 e. The van der Waals surface area contributed by atoms with Crippen molar-refractivity contribution in [1.29, 1.82) is 0 Å². The second-order valence-electron chi connectivity index (χ2n) is 3.63. The number of hydrogen-bond acceptors (Lipinski definition) is 2. The van der Waals surface area contributed by atoms with Crippen molar-refractivity contribution >= 4 is 0 Å². The topological polar surface area (TPSA) is 40.5 Å². The zero-order valence-corrected chi connectivity index (χ0v) is 7.01. The third-order valence-electron chi connectivity index (χ3n) is 2.41. The molecule has 1 fully saturated rings. The van der Waals surface area contributed by atoms with E-state index in [2.05, 4.69) is 6.58 Å². The van der Waals surface area contributed by atoms with Crippen LogP contribution < -0.4 is 0 Å². The van der Waals surface area contributed by atoms with Crippen molar-refractivity contribution in [2.45, 2.75) is 44.3 Å². The summed E-state index contributed by atoms with van der Waals surface area (Å²) in [4.78, 5) is 0. The van der Waals surface area contributed by atoms with Crippen molar-refractivity contribution in [2.75, 3.05) is 0 Å². The molecule has 1 rings (SSSR count). The molecule has 0 saturated heterocycles. The Labute approximate surface area is 67.6 Å². The van der Waals surface area contributed by atoms with Gasteiger partial charge in [0.25, 0.3) is 0 Å². The summed E-state index contributed by atoms with van der Waals surface area (Å²) >= 11 is 0. The average Bonchev–Trinajstić information content (AvgIpc) is 2.03. The predicted molar refractivity (Wildman–Crippen MR) is 44.2 cm³/mol. The highest BCUT2D eigenvalue weighted by molar-refractivity contribution is 5.10. The lowest BCUT2D eigenvalue weighted by molar-refractivity contribution is -0.0460. The highest BCUT2D eigenvalue weighted by Gasteiger charge is 2.33. The van der Waals surface area contributed by atoms with E-state index in [1.807, 2.05) is 0 Å². The second-order valence-corrected chi connectivity index (χ2v) is 3.63. The molecule has 0 aromatic heterocycles. The van der Waals surface area contributed by atoms with Gasteiger partial charge in [-0.15, -0.1) is 0 Å². The Morgan fingerprint density at radius 1 is 1.55 bits per heavy atom. The fourth-order valence-electron chi connectivity index (χ4n) is 1.55. The second kappa shape index (κ2) is 2.95. The van der Waals surface area contributed by atoms with Crippen LogP contribution in [0.4, 0.5) is 0 Å². The van der Waals surface area contributed by atoms with Gasteiger partial charge in [0.15, 0.2) is 0 Å². The maximum atomic E-state index is 9.68. The Morgan fingerprint density at radius 3 is 2.82 bits per heavy atom. The molecule has 2 atom stereocenters. The van der Waals surface area contributed by atoms with E-state index in [-0.39, 0.29) is 0 Å². The molecule has 2 heteroatoms. The highest BCUT2D eigenvalue weighted by Crippen LogP contribution is 2.29. The van der Waals surface area contributed by atoms with Crippen molar-refractivity contribution in [3.05, 3.63) is 12.2 Å². The van der Waals surface area contributed by atoms with Crippen molar-refractivity contribution in [3.8, 4) is 0 Å². The summed E-state index contributed by atoms with van der Waals surface area (Å²) < 4.78 is 0. The minimum Gasteiger partial charge on any atom is -0.387 e. The Bertz CT molecular complexity index is 161. The molecule has 1 aliphatic carbocycles. The highest BCUT2D eigenvalue weighted by atomic mass is 16.3. The van der Waals surface area contributed by atoms with Crippen molar-refractivity contribution < 1.29 is 10.2 Å². The zero-order chi connectivity index (χ0) is 8.48. The van der Waals surface area contributed by atoms with Gasteiger partial charge in [0.2, 0.25) is 0 Å². The first kappa shape index (κ1) is 8.75. The number of hydrogen-bond donors (Lipinski definition) is 2. The first-order chi connectivity index (χ1) is 5.04. The fraction of sp³-hybridized carbons (Fsp3) is 0.778. The van der Waals surface area contributed by atoms with Gasteiger partial charge in [0.05, 0.1) is 5.60 Å².